The molecule has 0 aliphatic rings. The van der Waals surface area contributed by atoms with Crippen molar-refractivity contribution in [1.29, 1.82) is 0 Å². The van der Waals surface area contributed by atoms with Crippen LogP contribution in [-0.2, 0) is 19.1 Å². The Balaban J connectivity index is 3.01. The fourth-order valence-electron chi connectivity index (χ4n) is 0.448. The van der Waals surface area contributed by atoms with Crippen molar-refractivity contribution in [3.05, 3.63) is 0 Å². The Hall–Kier alpha value is -0.900. The smallest absolute Gasteiger partial charge is 0.305 e. The standard InChI is InChI=1S/C7H12O4/c1-2-7(9)11-6-5-10-4-3-8/h3H,2,4-6H2,1H3. The van der Waals surface area contributed by atoms with E-state index in [4.69, 9.17) is 4.74 Å². The van der Waals surface area contributed by atoms with Gasteiger partial charge in [-0.2, -0.15) is 0 Å². The highest BCUT2D eigenvalue weighted by Gasteiger charge is 1.96. The van der Waals surface area contributed by atoms with Gasteiger partial charge in [0.1, 0.15) is 19.5 Å². The van der Waals surface area contributed by atoms with Crippen molar-refractivity contribution in [2.45, 2.75) is 13.3 Å². The average molecular weight is 160 g/mol. The third kappa shape index (κ3) is 6.99. The molecule has 4 heteroatoms. The fraction of sp³-hybridized carbons (Fsp3) is 0.714. The molecule has 11 heavy (non-hydrogen) atoms. The molecule has 0 fully saturated rings. The van der Waals surface area contributed by atoms with Crippen LogP contribution in [0.2, 0.25) is 0 Å². The zero-order valence-corrected chi connectivity index (χ0v) is 6.54. The van der Waals surface area contributed by atoms with Crippen LogP contribution < -0.4 is 0 Å². The maximum absolute atomic E-state index is 10.5. The summed E-state index contributed by atoms with van der Waals surface area (Å²) in [5.74, 6) is -0.250. The minimum absolute atomic E-state index is 0.0592. The van der Waals surface area contributed by atoms with Crippen LogP contribution in [0.25, 0.3) is 0 Å². The summed E-state index contributed by atoms with van der Waals surface area (Å²) in [5, 5.41) is 0. The van der Waals surface area contributed by atoms with Gasteiger partial charge in [-0.25, -0.2) is 0 Å². The number of carbonyl (C=O) groups excluding carboxylic acids is 2. The highest BCUT2D eigenvalue weighted by molar-refractivity contribution is 5.68. The number of aldehydes is 1. The Morgan fingerprint density at radius 2 is 2.18 bits per heavy atom. The average Bonchev–Trinajstić information content (AvgIpc) is 2.04. The Kier molecular flexibility index (Phi) is 6.62. The summed E-state index contributed by atoms with van der Waals surface area (Å²) >= 11 is 0. The van der Waals surface area contributed by atoms with Crippen molar-refractivity contribution in [1.82, 2.24) is 0 Å². The van der Waals surface area contributed by atoms with Gasteiger partial charge in [-0.1, -0.05) is 6.92 Å². The van der Waals surface area contributed by atoms with Crippen molar-refractivity contribution in [2.75, 3.05) is 19.8 Å². The van der Waals surface area contributed by atoms with E-state index in [2.05, 4.69) is 4.74 Å². The van der Waals surface area contributed by atoms with E-state index >= 15 is 0 Å². The van der Waals surface area contributed by atoms with Gasteiger partial charge in [-0.3, -0.25) is 4.79 Å². The van der Waals surface area contributed by atoms with E-state index in [1.165, 1.54) is 0 Å². The van der Waals surface area contributed by atoms with Crippen LogP contribution in [0.1, 0.15) is 13.3 Å². The predicted octanol–water partition coefficient (Wildman–Crippen LogP) is 0.155. The zero-order chi connectivity index (χ0) is 8.53. The van der Waals surface area contributed by atoms with E-state index in [1.807, 2.05) is 0 Å². The third-order valence-corrected chi connectivity index (χ3v) is 0.965. The van der Waals surface area contributed by atoms with Crippen molar-refractivity contribution in [2.24, 2.45) is 0 Å². The minimum atomic E-state index is -0.250. The van der Waals surface area contributed by atoms with Gasteiger partial charge in [-0.15, -0.1) is 0 Å². The van der Waals surface area contributed by atoms with Crippen LogP contribution in [0.4, 0.5) is 0 Å². The lowest BCUT2D eigenvalue weighted by atomic mass is 10.5. The van der Waals surface area contributed by atoms with Crippen LogP contribution in [0.5, 0.6) is 0 Å². The molecule has 0 unspecified atom stereocenters. The largest absolute Gasteiger partial charge is 0.463 e. The number of hydrogen-bond acceptors (Lipinski definition) is 4. The molecule has 0 amide bonds. The molecule has 0 heterocycles. The number of esters is 1. The van der Waals surface area contributed by atoms with Gasteiger partial charge in [0.15, 0.2) is 0 Å². The Labute approximate surface area is 65.5 Å². The van der Waals surface area contributed by atoms with E-state index in [9.17, 15) is 9.59 Å². The molecule has 0 aliphatic carbocycles. The molecule has 0 aromatic heterocycles. The highest BCUT2D eigenvalue weighted by Crippen LogP contribution is 1.83. The highest BCUT2D eigenvalue weighted by atomic mass is 16.6. The van der Waals surface area contributed by atoms with Crippen molar-refractivity contribution < 1.29 is 19.1 Å². The molecule has 0 radical (unpaired) electrons. The van der Waals surface area contributed by atoms with Crippen LogP contribution in [-0.4, -0.2) is 32.1 Å². The van der Waals surface area contributed by atoms with Crippen LogP contribution in [0.3, 0.4) is 0 Å². The summed E-state index contributed by atoms with van der Waals surface area (Å²) < 4.78 is 9.39. The first-order chi connectivity index (χ1) is 5.31. The van der Waals surface area contributed by atoms with E-state index < -0.39 is 0 Å². The summed E-state index contributed by atoms with van der Waals surface area (Å²) in [5.41, 5.74) is 0. The maximum Gasteiger partial charge on any atom is 0.305 e. The first-order valence-electron chi connectivity index (χ1n) is 3.48. The lowest BCUT2D eigenvalue weighted by Gasteiger charge is -2.01. The van der Waals surface area contributed by atoms with Gasteiger partial charge in [0.25, 0.3) is 0 Å². The van der Waals surface area contributed by atoms with Crippen molar-refractivity contribution >= 4 is 12.3 Å². The lowest BCUT2D eigenvalue weighted by Crippen LogP contribution is -2.10. The van der Waals surface area contributed by atoms with Crippen molar-refractivity contribution in [3.8, 4) is 0 Å². The molecule has 0 aromatic carbocycles. The molecule has 0 spiro atoms. The molecule has 0 saturated carbocycles. The fourth-order valence-corrected chi connectivity index (χ4v) is 0.448. The summed E-state index contributed by atoms with van der Waals surface area (Å²) in [6.07, 6.45) is 1.02. The third-order valence-electron chi connectivity index (χ3n) is 0.965. The summed E-state index contributed by atoms with van der Waals surface area (Å²) in [4.78, 5) is 20.2. The first-order valence-corrected chi connectivity index (χ1v) is 3.48. The molecular formula is C7H12O4. The monoisotopic (exact) mass is 160 g/mol. The van der Waals surface area contributed by atoms with E-state index in [0.29, 0.717) is 12.7 Å². The topological polar surface area (TPSA) is 52.6 Å². The summed E-state index contributed by atoms with van der Waals surface area (Å²) in [6, 6.07) is 0. The van der Waals surface area contributed by atoms with E-state index in [1.54, 1.807) is 6.92 Å². The zero-order valence-electron chi connectivity index (χ0n) is 6.54. The number of rotatable bonds is 6. The molecule has 4 nitrogen and oxygen atoms in total. The van der Waals surface area contributed by atoms with Gasteiger partial charge in [0.2, 0.25) is 0 Å². The number of carbonyl (C=O) groups is 2. The van der Waals surface area contributed by atoms with Gasteiger partial charge < -0.3 is 14.3 Å². The van der Waals surface area contributed by atoms with Gasteiger partial charge >= 0.3 is 5.97 Å². The van der Waals surface area contributed by atoms with Gasteiger partial charge in [-0.05, 0) is 0 Å². The Morgan fingerprint density at radius 1 is 1.45 bits per heavy atom. The minimum Gasteiger partial charge on any atom is -0.463 e. The second-order valence-corrected chi connectivity index (χ2v) is 1.82. The lowest BCUT2D eigenvalue weighted by molar-refractivity contribution is -0.144. The molecule has 0 bridgehead atoms. The molecule has 64 valence electrons. The van der Waals surface area contributed by atoms with Crippen molar-refractivity contribution in [3.63, 3.8) is 0 Å². The second kappa shape index (κ2) is 7.21. The quantitative estimate of drug-likeness (QED) is 0.315. The van der Waals surface area contributed by atoms with Gasteiger partial charge in [0.05, 0.1) is 6.61 Å². The van der Waals surface area contributed by atoms with Crippen LogP contribution in [0.15, 0.2) is 0 Å². The summed E-state index contributed by atoms with van der Waals surface area (Å²) in [7, 11) is 0. The number of ether oxygens (including phenoxy) is 2. The molecular weight excluding hydrogens is 148 g/mol. The maximum atomic E-state index is 10.5. The second-order valence-electron chi connectivity index (χ2n) is 1.82. The molecule has 0 aliphatic heterocycles. The van der Waals surface area contributed by atoms with Crippen LogP contribution >= 0.6 is 0 Å². The Morgan fingerprint density at radius 3 is 2.73 bits per heavy atom. The normalized spacial score (nSPS) is 9.18. The molecule has 0 N–H and O–H groups in total. The van der Waals surface area contributed by atoms with E-state index in [0.717, 1.165) is 0 Å². The first kappa shape index (κ1) is 10.1. The number of hydrogen-bond donors (Lipinski definition) is 0. The molecule has 0 atom stereocenters. The molecule has 0 rings (SSSR count). The van der Waals surface area contributed by atoms with E-state index in [-0.39, 0.29) is 25.8 Å². The summed E-state index contributed by atoms with van der Waals surface area (Å²) in [6.45, 7) is 2.28. The predicted molar refractivity (Wildman–Crippen MR) is 38.1 cm³/mol. The molecule has 0 aromatic rings. The van der Waals surface area contributed by atoms with Crippen LogP contribution in [0, 0.1) is 0 Å². The van der Waals surface area contributed by atoms with Gasteiger partial charge in [0, 0.05) is 6.42 Å². The SMILES string of the molecule is CCC(=O)OCCOCC=O. The Bertz CT molecular complexity index is 122. The molecule has 0 saturated heterocycles.